The summed E-state index contributed by atoms with van der Waals surface area (Å²) in [5, 5.41) is 0. The third kappa shape index (κ3) is 4.63. The predicted molar refractivity (Wildman–Crippen MR) is 121 cm³/mol. The van der Waals surface area contributed by atoms with Crippen LogP contribution in [0.2, 0.25) is 0 Å². The molecule has 0 aliphatic carbocycles. The number of hydrogen-bond acceptors (Lipinski definition) is 4. The number of hydrogen-bond donors (Lipinski definition) is 0. The van der Waals surface area contributed by atoms with Gasteiger partial charge in [0.05, 0.1) is 6.54 Å². The van der Waals surface area contributed by atoms with Gasteiger partial charge >= 0.3 is 0 Å². The van der Waals surface area contributed by atoms with Crippen molar-refractivity contribution in [3.05, 3.63) is 51.5 Å². The number of furan rings is 1. The molecule has 0 N–H and O–H groups in total. The maximum atomic E-state index is 12.7. The van der Waals surface area contributed by atoms with Crippen LogP contribution < -0.4 is 4.74 Å². The smallest absolute Gasteiger partial charge is 0.289 e. The molecule has 0 saturated heterocycles. The first kappa shape index (κ1) is 22.9. The minimum absolute atomic E-state index is 0.0143. The highest BCUT2D eigenvalue weighted by atomic mass is 16.5. The second kappa shape index (κ2) is 8.40. The van der Waals surface area contributed by atoms with E-state index in [1.807, 2.05) is 6.07 Å². The number of rotatable bonds is 5. The lowest BCUT2D eigenvalue weighted by Gasteiger charge is -2.35. The highest BCUT2D eigenvalue weighted by Gasteiger charge is 2.31. The van der Waals surface area contributed by atoms with E-state index in [2.05, 4.69) is 34.6 Å². The molecule has 0 atom stereocenters. The molecule has 1 aromatic heterocycles. The van der Waals surface area contributed by atoms with E-state index in [0.717, 1.165) is 24.4 Å². The second-order valence-electron chi connectivity index (χ2n) is 9.42. The number of carbonyl (C=O) groups excluding carboxylic acids is 2. The van der Waals surface area contributed by atoms with E-state index in [1.54, 1.807) is 27.2 Å². The van der Waals surface area contributed by atoms with Gasteiger partial charge in [-0.15, -0.1) is 0 Å². The van der Waals surface area contributed by atoms with Gasteiger partial charge in [-0.3, -0.25) is 9.59 Å². The average molecular weight is 427 g/mol. The summed E-state index contributed by atoms with van der Waals surface area (Å²) in [5.41, 5.74) is 5.98. The van der Waals surface area contributed by atoms with Crippen LogP contribution in [0.4, 0.5) is 0 Å². The fourth-order valence-electron chi connectivity index (χ4n) is 4.08. The number of fused-ring (bicyclic) bond motifs is 1. The van der Waals surface area contributed by atoms with Gasteiger partial charge in [-0.05, 0) is 87.4 Å². The van der Waals surface area contributed by atoms with Gasteiger partial charge in [0.25, 0.3) is 5.91 Å². The van der Waals surface area contributed by atoms with Crippen molar-refractivity contribution in [3.63, 3.8) is 0 Å². The maximum absolute atomic E-state index is 12.7. The molecule has 1 aromatic carbocycles. The summed E-state index contributed by atoms with van der Waals surface area (Å²) >= 11 is 0. The Labute approximate surface area is 185 Å². The Kier molecular flexibility index (Phi) is 6.21. The van der Waals surface area contributed by atoms with E-state index in [0.29, 0.717) is 6.42 Å². The summed E-state index contributed by atoms with van der Waals surface area (Å²) in [6, 6.07) is 3.54. The van der Waals surface area contributed by atoms with E-state index in [-0.39, 0.29) is 29.7 Å². The van der Waals surface area contributed by atoms with Crippen molar-refractivity contribution in [1.82, 2.24) is 9.80 Å². The van der Waals surface area contributed by atoms with Gasteiger partial charge in [-0.1, -0.05) is 0 Å². The Balaban J connectivity index is 1.83. The fourth-order valence-corrected chi connectivity index (χ4v) is 4.08. The van der Waals surface area contributed by atoms with Crippen LogP contribution in [0.25, 0.3) is 0 Å². The summed E-state index contributed by atoms with van der Waals surface area (Å²) in [4.78, 5) is 27.4. The van der Waals surface area contributed by atoms with Crippen molar-refractivity contribution in [3.8, 4) is 5.75 Å². The molecule has 1 aliphatic heterocycles. The minimum atomic E-state index is -0.299. The first-order valence-electron chi connectivity index (χ1n) is 10.8. The minimum Gasteiger partial charge on any atom is -0.487 e. The standard InChI is InChI=1S/C25H34N2O4/c1-15-16(2)23-19(11-12-25(4,5)31-23)17(3)20(15)13-18-9-10-21(30-18)24(29)27(8)14-22(28)26(6)7/h9-10H,11-14H2,1-8H3. The average Bonchev–Trinajstić information content (AvgIpc) is 3.16. The molecule has 6 heteroatoms. The van der Waals surface area contributed by atoms with Gasteiger partial charge in [0.2, 0.25) is 5.91 Å². The molecular weight excluding hydrogens is 392 g/mol. The van der Waals surface area contributed by atoms with Gasteiger partial charge in [-0.2, -0.15) is 0 Å². The molecule has 0 bridgehead atoms. The molecule has 2 heterocycles. The molecule has 168 valence electrons. The van der Waals surface area contributed by atoms with Gasteiger partial charge in [-0.25, -0.2) is 0 Å². The number of amides is 2. The van der Waals surface area contributed by atoms with E-state index >= 15 is 0 Å². The largest absolute Gasteiger partial charge is 0.487 e. The van der Waals surface area contributed by atoms with Crippen LogP contribution >= 0.6 is 0 Å². The topological polar surface area (TPSA) is 63.0 Å². The maximum Gasteiger partial charge on any atom is 0.289 e. The van der Waals surface area contributed by atoms with Crippen molar-refractivity contribution < 1.29 is 18.7 Å². The molecule has 0 saturated carbocycles. The SMILES string of the molecule is Cc1c(C)c2c(c(C)c1Cc1ccc(C(=O)N(C)CC(=O)N(C)C)o1)CCC(C)(C)O2. The third-order valence-corrected chi connectivity index (χ3v) is 6.33. The zero-order chi connectivity index (χ0) is 23.1. The normalized spacial score (nSPS) is 14.6. The summed E-state index contributed by atoms with van der Waals surface area (Å²) in [6.07, 6.45) is 2.60. The molecule has 2 amide bonds. The van der Waals surface area contributed by atoms with Crippen molar-refractivity contribution >= 4 is 11.8 Å². The third-order valence-electron chi connectivity index (χ3n) is 6.33. The first-order chi connectivity index (χ1) is 14.4. The number of likely N-dealkylation sites (N-methyl/N-ethyl adjacent to an activating group) is 2. The molecule has 0 spiro atoms. The quantitative estimate of drug-likeness (QED) is 0.723. The Morgan fingerprint density at radius 1 is 1.03 bits per heavy atom. The van der Waals surface area contributed by atoms with Crippen LogP contribution in [-0.4, -0.2) is 54.9 Å². The number of carbonyl (C=O) groups is 2. The van der Waals surface area contributed by atoms with Crippen LogP contribution in [0.5, 0.6) is 5.75 Å². The van der Waals surface area contributed by atoms with E-state index in [4.69, 9.17) is 9.15 Å². The summed E-state index contributed by atoms with van der Waals surface area (Å²) in [6.45, 7) is 10.7. The predicted octanol–water partition coefficient (Wildman–Crippen LogP) is 4.06. The van der Waals surface area contributed by atoms with Crippen LogP contribution in [0, 0.1) is 20.8 Å². The summed E-state index contributed by atoms with van der Waals surface area (Å²) in [5.74, 6) is 1.57. The van der Waals surface area contributed by atoms with E-state index in [9.17, 15) is 9.59 Å². The lowest BCUT2D eigenvalue weighted by Crippen LogP contribution is -2.37. The molecular formula is C25H34N2O4. The zero-order valence-corrected chi connectivity index (χ0v) is 20.0. The fraction of sp³-hybridized carbons (Fsp3) is 0.520. The Bertz CT molecular complexity index is 1020. The van der Waals surface area contributed by atoms with Gasteiger partial charge in [0.1, 0.15) is 17.1 Å². The van der Waals surface area contributed by atoms with Crippen LogP contribution in [-0.2, 0) is 17.6 Å². The molecule has 2 aromatic rings. The van der Waals surface area contributed by atoms with E-state index in [1.165, 1.54) is 37.6 Å². The van der Waals surface area contributed by atoms with Crippen LogP contribution in [0.15, 0.2) is 16.5 Å². The Morgan fingerprint density at radius 3 is 2.35 bits per heavy atom. The highest BCUT2D eigenvalue weighted by Crippen LogP contribution is 2.41. The van der Waals surface area contributed by atoms with Crippen LogP contribution in [0.1, 0.15) is 64.4 Å². The van der Waals surface area contributed by atoms with Gasteiger partial charge < -0.3 is 19.0 Å². The molecule has 6 nitrogen and oxygen atoms in total. The molecule has 0 fully saturated rings. The number of ether oxygens (including phenoxy) is 1. The van der Waals surface area contributed by atoms with Crippen molar-refractivity contribution in [2.24, 2.45) is 0 Å². The Morgan fingerprint density at radius 2 is 1.71 bits per heavy atom. The van der Waals surface area contributed by atoms with Crippen LogP contribution in [0.3, 0.4) is 0 Å². The Hall–Kier alpha value is -2.76. The summed E-state index contributed by atoms with van der Waals surface area (Å²) < 4.78 is 12.2. The van der Waals surface area contributed by atoms with Crippen molar-refractivity contribution in [2.75, 3.05) is 27.7 Å². The molecule has 31 heavy (non-hydrogen) atoms. The number of benzene rings is 1. The van der Waals surface area contributed by atoms with Crippen molar-refractivity contribution in [1.29, 1.82) is 0 Å². The van der Waals surface area contributed by atoms with Gasteiger partial charge in [0, 0.05) is 27.6 Å². The van der Waals surface area contributed by atoms with Crippen molar-refractivity contribution in [2.45, 2.75) is 59.5 Å². The molecule has 3 rings (SSSR count). The lowest BCUT2D eigenvalue weighted by atomic mass is 9.84. The van der Waals surface area contributed by atoms with Gasteiger partial charge in [0.15, 0.2) is 5.76 Å². The first-order valence-corrected chi connectivity index (χ1v) is 10.8. The number of nitrogens with zero attached hydrogens (tertiary/aromatic N) is 2. The van der Waals surface area contributed by atoms with E-state index < -0.39 is 0 Å². The zero-order valence-electron chi connectivity index (χ0n) is 20.0. The molecule has 0 radical (unpaired) electrons. The second-order valence-corrected chi connectivity index (χ2v) is 9.42. The highest BCUT2D eigenvalue weighted by molar-refractivity contribution is 5.94. The molecule has 0 unspecified atom stereocenters. The lowest BCUT2D eigenvalue weighted by molar-refractivity contribution is -0.129. The monoisotopic (exact) mass is 426 g/mol. The summed E-state index contributed by atoms with van der Waals surface area (Å²) in [7, 11) is 4.94. The molecule has 1 aliphatic rings.